The molecule has 0 amide bonds. The highest BCUT2D eigenvalue weighted by molar-refractivity contribution is 9.10. The number of aliphatic hydroxyl groups is 1. The highest BCUT2D eigenvalue weighted by atomic mass is 79.9. The summed E-state index contributed by atoms with van der Waals surface area (Å²) in [5.74, 6) is 0.171. The Kier molecular flexibility index (Phi) is 4.09. The minimum absolute atomic E-state index is 0.0486. The van der Waals surface area contributed by atoms with Gasteiger partial charge in [-0.15, -0.1) is 0 Å². The first-order chi connectivity index (χ1) is 8.92. The number of sulfonamides is 1. The number of nitrogens with zero attached hydrogens (tertiary/aromatic N) is 2. The molecule has 7 nitrogen and oxygen atoms in total. The molecule has 104 valence electrons. The molecule has 0 aliphatic carbocycles. The molecule has 0 saturated carbocycles. The fourth-order valence-corrected chi connectivity index (χ4v) is 3.46. The lowest BCUT2D eigenvalue weighted by Gasteiger charge is -2.02. The van der Waals surface area contributed by atoms with Gasteiger partial charge in [0.15, 0.2) is 4.67 Å². The molecule has 0 aromatic carbocycles. The highest BCUT2D eigenvalue weighted by Crippen LogP contribution is 2.26. The second-order valence-corrected chi connectivity index (χ2v) is 6.27. The van der Waals surface area contributed by atoms with Gasteiger partial charge in [0, 0.05) is 19.3 Å². The molecule has 0 saturated heterocycles. The molecule has 0 bridgehead atoms. The van der Waals surface area contributed by atoms with Gasteiger partial charge < -0.3 is 9.52 Å². The van der Waals surface area contributed by atoms with Crippen LogP contribution >= 0.6 is 15.9 Å². The number of furan rings is 1. The monoisotopic (exact) mass is 349 g/mol. The lowest BCUT2D eigenvalue weighted by Crippen LogP contribution is -2.23. The zero-order chi connectivity index (χ0) is 14.0. The Morgan fingerprint density at radius 2 is 2.32 bits per heavy atom. The molecule has 0 aliphatic heterocycles. The largest absolute Gasteiger partial charge is 0.450 e. The molecule has 2 rings (SSSR count). The van der Waals surface area contributed by atoms with Crippen molar-refractivity contribution in [3.8, 4) is 0 Å². The van der Waals surface area contributed by atoms with E-state index in [1.54, 1.807) is 24.0 Å². The van der Waals surface area contributed by atoms with Crippen molar-refractivity contribution in [2.75, 3.05) is 0 Å². The summed E-state index contributed by atoms with van der Waals surface area (Å²) in [7, 11) is -1.97. The van der Waals surface area contributed by atoms with Gasteiger partial charge in [-0.25, -0.2) is 13.1 Å². The smallest absolute Gasteiger partial charge is 0.245 e. The van der Waals surface area contributed by atoms with Gasteiger partial charge in [0.05, 0.1) is 12.2 Å². The summed E-state index contributed by atoms with van der Waals surface area (Å²) in [6.07, 6.45) is 1.72. The Morgan fingerprint density at radius 1 is 1.58 bits per heavy atom. The third kappa shape index (κ3) is 3.24. The number of aromatic nitrogens is 2. The number of nitrogens with one attached hydrogen (secondary N) is 1. The van der Waals surface area contributed by atoms with Crippen LogP contribution in [0.1, 0.15) is 11.5 Å². The zero-order valence-corrected chi connectivity index (χ0v) is 12.4. The van der Waals surface area contributed by atoms with Gasteiger partial charge in [0.1, 0.15) is 17.3 Å². The van der Waals surface area contributed by atoms with Crippen molar-refractivity contribution < 1.29 is 17.9 Å². The van der Waals surface area contributed by atoms with E-state index < -0.39 is 10.0 Å². The van der Waals surface area contributed by atoms with E-state index >= 15 is 0 Å². The van der Waals surface area contributed by atoms with Gasteiger partial charge in [-0.2, -0.15) is 5.10 Å². The van der Waals surface area contributed by atoms with Gasteiger partial charge in [-0.3, -0.25) is 4.68 Å². The van der Waals surface area contributed by atoms with Gasteiger partial charge in [0.25, 0.3) is 0 Å². The summed E-state index contributed by atoms with van der Waals surface area (Å²) in [5, 5.41) is 13.0. The van der Waals surface area contributed by atoms with Gasteiger partial charge >= 0.3 is 0 Å². The maximum absolute atomic E-state index is 12.0. The van der Waals surface area contributed by atoms with E-state index in [0.29, 0.717) is 5.69 Å². The molecule has 2 aromatic rings. The second-order valence-electron chi connectivity index (χ2n) is 3.81. The van der Waals surface area contributed by atoms with Crippen molar-refractivity contribution in [3.05, 3.63) is 34.5 Å². The van der Waals surface area contributed by atoms with Crippen molar-refractivity contribution in [2.24, 2.45) is 7.05 Å². The van der Waals surface area contributed by atoms with E-state index in [9.17, 15) is 8.42 Å². The van der Waals surface area contributed by atoms with Gasteiger partial charge in [0.2, 0.25) is 10.0 Å². The number of hydrogen-bond acceptors (Lipinski definition) is 5. The molecule has 2 aromatic heterocycles. The highest BCUT2D eigenvalue weighted by Gasteiger charge is 2.22. The van der Waals surface area contributed by atoms with E-state index in [4.69, 9.17) is 9.52 Å². The number of halogens is 1. The summed E-state index contributed by atoms with van der Waals surface area (Å²) in [6.45, 7) is -0.288. The van der Waals surface area contributed by atoms with Crippen LogP contribution in [0.5, 0.6) is 0 Å². The van der Waals surface area contributed by atoms with Crippen LogP contribution in [0.3, 0.4) is 0 Å². The molecule has 0 atom stereocenters. The van der Waals surface area contributed by atoms with Crippen LogP contribution in [-0.2, 0) is 30.2 Å². The van der Waals surface area contributed by atoms with E-state index in [-0.39, 0.29) is 28.5 Å². The van der Waals surface area contributed by atoms with Crippen LogP contribution in [0, 0.1) is 0 Å². The zero-order valence-electron chi connectivity index (χ0n) is 10.00. The molecule has 0 aliphatic rings. The Morgan fingerprint density at radius 3 is 2.84 bits per heavy atom. The molecule has 0 radical (unpaired) electrons. The van der Waals surface area contributed by atoms with Crippen LogP contribution in [0.4, 0.5) is 0 Å². The Hall–Kier alpha value is -1.16. The average molecular weight is 350 g/mol. The molecule has 0 unspecified atom stereocenters. The number of hydrogen-bond donors (Lipinski definition) is 2. The number of aryl methyl sites for hydroxylation is 1. The molecule has 9 heteroatoms. The maximum atomic E-state index is 12.0. The van der Waals surface area contributed by atoms with Gasteiger partial charge in [-0.05, 0) is 22.0 Å². The van der Waals surface area contributed by atoms with Crippen molar-refractivity contribution in [1.29, 1.82) is 0 Å². The van der Waals surface area contributed by atoms with Crippen LogP contribution in [0.2, 0.25) is 0 Å². The maximum Gasteiger partial charge on any atom is 0.245 e. The third-order valence-electron chi connectivity index (χ3n) is 2.36. The van der Waals surface area contributed by atoms with Crippen LogP contribution in [0.25, 0.3) is 0 Å². The Labute approximate surface area is 118 Å². The minimum atomic E-state index is -3.72. The summed E-state index contributed by atoms with van der Waals surface area (Å²) >= 11 is 3.01. The third-order valence-corrected chi connectivity index (χ3v) is 4.62. The number of aliphatic hydroxyl groups excluding tert-OH is 1. The summed E-state index contributed by atoms with van der Waals surface area (Å²) in [6, 6.07) is 2.98. The van der Waals surface area contributed by atoms with Crippen LogP contribution < -0.4 is 4.72 Å². The first-order valence-electron chi connectivity index (χ1n) is 5.29. The molecule has 0 spiro atoms. The van der Waals surface area contributed by atoms with E-state index in [1.807, 2.05) is 0 Å². The lowest BCUT2D eigenvalue weighted by molar-refractivity contribution is 0.245. The number of rotatable bonds is 5. The van der Waals surface area contributed by atoms with Crippen molar-refractivity contribution in [2.45, 2.75) is 18.0 Å². The fraction of sp³-hybridized carbons (Fsp3) is 0.300. The summed E-state index contributed by atoms with van der Waals surface area (Å²) in [5.41, 5.74) is 0.605. The molecular weight excluding hydrogens is 338 g/mol. The molecule has 2 N–H and O–H groups in total. The normalized spacial score (nSPS) is 11.9. The van der Waals surface area contributed by atoms with E-state index in [2.05, 4.69) is 25.8 Å². The molecule has 0 fully saturated rings. The average Bonchev–Trinajstić information content (AvgIpc) is 2.93. The first kappa shape index (κ1) is 14.3. The molecule has 19 heavy (non-hydrogen) atoms. The minimum Gasteiger partial charge on any atom is -0.450 e. The fourth-order valence-electron chi connectivity index (χ4n) is 1.46. The SMILES string of the molecule is Cn1ccc(CNS(=O)(=O)c2cc(CO)oc2Br)n1. The van der Waals surface area contributed by atoms with Crippen molar-refractivity contribution >= 4 is 26.0 Å². The quantitative estimate of drug-likeness (QED) is 0.829. The first-order valence-corrected chi connectivity index (χ1v) is 7.57. The predicted octanol–water partition coefficient (Wildman–Crippen LogP) is 0.746. The van der Waals surface area contributed by atoms with E-state index in [0.717, 1.165) is 0 Å². The summed E-state index contributed by atoms with van der Waals surface area (Å²) in [4.78, 5) is -0.0486. The molecule has 2 heterocycles. The summed E-state index contributed by atoms with van der Waals surface area (Å²) < 4.78 is 33.2. The second kappa shape index (κ2) is 5.45. The van der Waals surface area contributed by atoms with Crippen molar-refractivity contribution in [1.82, 2.24) is 14.5 Å². The lowest BCUT2D eigenvalue weighted by atomic mass is 10.4. The van der Waals surface area contributed by atoms with Crippen LogP contribution in [-0.4, -0.2) is 23.3 Å². The Balaban J connectivity index is 2.15. The van der Waals surface area contributed by atoms with E-state index in [1.165, 1.54) is 6.07 Å². The van der Waals surface area contributed by atoms with Gasteiger partial charge in [-0.1, -0.05) is 0 Å². The topological polar surface area (TPSA) is 97.4 Å². The standard InChI is InChI=1S/C10H12BrN3O4S/c1-14-3-2-7(13-14)5-12-19(16,17)9-4-8(6-15)18-10(9)11/h2-4,12,15H,5-6H2,1H3. The van der Waals surface area contributed by atoms with Crippen LogP contribution in [0.15, 0.2) is 32.3 Å². The Bertz CT molecular complexity index is 677. The molecular formula is C10H12BrN3O4S. The predicted molar refractivity (Wildman–Crippen MR) is 69.6 cm³/mol. The van der Waals surface area contributed by atoms with Crippen molar-refractivity contribution in [3.63, 3.8) is 0 Å².